The van der Waals surface area contributed by atoms with E-state index in [4.69, 9.17) is 16.3 Å². The van der Waals surface area contributed by atoms with Crippen molar-refractivity contribution in [1.82, 2.24) is 0 Å². The van der Waals surface area contributed by atoms with Crippen LogP contribution in [0.15, 0.2) is 78.4 Å². The number of ether oxygens (including phenoxy) is 1. The topological polar surface area (TPSA) is 62.1 Å². The highest BCUT2D eigenvalue weighted by molar-refractivity contribution is 6.30. The smallest absolute Gasteiger partial charge is 0.266 e. The van der Waals surface area contributed by atoms with Crippen LogP contribution in [0.4, 0.5) is 5.69 Å². The maximum absolute atomic E-state index is 12.4. The van der Waals surface area contributed by atoms with E-state index in [1.54, 1.807) is 18.2 Å². The summed E-state index contributed by atoms with van der Waals surface area (Å²) in [5, 5.41) is 12.8. The molecular formula is C24H19ClN2O2. The number of hydrogen-bond acceptors (Lipinski definition) is 3. The predicted molar refractivity (Wildman–Crippen MR) is 116 cm³/mol. The maximum atomic E-state index is 12.4. The van der Waals surface area contributed by atoms with Crippen molar-refractivity contribution < 1.29 is 9.53 Å². The monoisotopic (exact) mass is 402 g/mol. The van der Waals surface area contributed by atoms with Gasteiger partial charge in [0, 0.05) is 10.7 Å². The van der Waals surface area contributed by atoms with Crippen molar-refractivity contribution in [2.75, 3.05) is 5.32 Å². The molecule has 3 rings (SSSR count). The molecule has 0 aliphatic rings. The molecule has 0 aromatic heterocycles. The summed E-state index contributed by atoms with van der Waals surface area (Å²) in [6.07, 6.45) is 1.54. The minimum atomic E-state index is -0.453. The fourth-order valence-electron chi connectivity index (χ4n) is 2.68. The average molecular weight is 403 g/mol. The lowest BCUT2D eigenvalue weighted by Gasteiger charge is -2.08. The summed E-state index contributed by atoms with van der Waals surface area (Å²) in [6, 6.07) is 24.0. The van der Waals surface area contributed by atoms with Gasteiger partial charge in [0.2, 0.25) is 0 Å². The van der Waals surface area contributed by atoms with Crippen LogP contribution < -0.4 is 10.1 Å². The number of nitriles is 1. The van der Waals surface area contributed by atoms with Crippen molar-refractivity contribution in [2.24, 2.45) is 0 Å². The van der Waals surface area contributed by atoms with Gasteiger partial charge in [-0.2, -0.15) is 5.26 Å². The van der Waals surface area contributed by atoms with Gasteiger partial charge < -0.3 is 10.1 Å². The quantitative estimate of drug-likeness (QED) is 0.420. The van der Waals surface area contributed by atoms with Crippen LogP contribution >= 0.6 is 11.6 Å². The van der Waals surface area contributed by atoms with Crippen molar-refractivity contribution in [3.8, 4) is 11.8 Å². The third-order valence-electron chi connectivity index (χ3n) is 4.13. The van der Waals surface area contributed by atoms with Gasteiger partial charge >= 0.3 is 0 Å². The first kappa shape index (κ1) is 20.2. The summed E-state index contributed by atoms with van der Waals surface area (Å²) < 4.78 is 5.80. The molecule has 1 N–H and O–H groups in total. The van der Waals surface area contributed by atoms with Gasteiger partial charge in [0.05, 0.1) is 0 Å². The van der Waals surface area contributed by atoms with Gasteiger partial charge in [0.1, 0.15) is 24.0 Å². The van der Waals surface area contributed by atoms with E-state index in [0.29, 0.717) is 28.6 Å². The lowest BCUT2D eigenvalue weighted by molar-refractivity contribution is -0.112. The van der Waals surface area contributed by atoms with Crippen LogP contribution in [0.1, 0.15) is 16.7 Å². The highest BCUT2D eigenvalue weighted by Crippen LogP contribution is 2.19. The number of carbonyl (C=O) groups is 1. The molecule has 0 saturated carbocycles. The van der Waals surface area contributed by atoms with E-state index in [1.807, 2.05) is 73.7 Å². The lowest BCUT2D eigenvalue weighted by Crippen LogP contribution is -2.13. The summed E-state index contributed by atoms with van der Waals surface area (Å²) >= 11 is 5.89. The Hall–Kier alpha value is -3.55. The van der Waals surface area contributed by atoms with Crippen LogP contribution in [0.5, 0.6) is 5.75 Å². The minimum Gasteiger partial charge on any atom is -0.489 e. The van der Waals surface area contributed by atoms with Gasteiger partial charge in [-0.25, -0.2) is 0 Å². The van der Waals surface area contributed by atoms with Crippen LogP contribution in [0.3, 0.4) is 0 Å². The van der Waals surface area contributed by atoms with Gasteiger partial charge in [0.25, 0.3) is 5.91 Å². The first-order valence-corrected chi connectivity index (χ1v) is 9.38. The van der Waals surface area contributed by atoms with Crippen molar-refractivity contribution >= 4 is 29.3 Å². The lowest BCUT2D eigenvalue weighted by atomic mass is 10.1. The Morgan fingerprint density at radius 1 is 1.10 bits per heavy atom. The number of rotatable bonds is 6. The summed E-state index contributed by atoms with van der Waals surface area (Å²) in [5.74, 6) is 0.190. The Kier molecular flexibility index (Phi) is 6.67. The number of aryl methyl sites for hydroxylation is 1. The largest absolute Gasteiger partial charge is 0.489 e. The molecule has 144 valence electrons. The number of carbonyl (C=O) groups excluding carboxylic acids is 1. The normalized spacial score (nSPS) is 10.9. The molecule has 5 heteroatoms. The van der Waals surface area contributed by atoms with E-state index in [1.165, 1.54) is 0 Å². The predicted octanol–water partition coefficient (Wildman–Crippen LogP) is 5.77. The van der Waals surface area contributed by atoms with E-state index in [-0.39, 0.29) is 5.57 Å². The zero-order valence-corrected chi connectivity index (χ0v) is 16.6. The van der Waals surface area contributed by atoms with Crippen LogP contribution in [0.2, 0.25) is 5.02 Å². The highest BCUT2D eigenvalue weighted by atomic mass is 35.5. The van der Waals surface area contributed by atoms with Crippen molar-refractivity contribution in [2.45, 2.75) is 13.5 Å². The number of hydrogen-bond donors (Lipinski definition) is 1. The minimum absolute atomic E-state index is 0.0151. The number of nitrogens with zero attached hydrogens (tertiary/aromatic N) is 1. The molecule has 0 aliphatic carbocycles. The Morgan fingerprint density at radius 3 is 2.59 bits per heavy atom. The number of halogens is 1. The second-order valence-corrected chi connectivity index (χ2v) is 6.92. The van der Waals surface area contributed by atoms with Gasteiger partial charge in [-0.15, -0.1) is 0 Å². The SMILES string of the molecule is Cc1cccc(NC(=O)/C(C#N)=C\c2cccc(OCc3ccc(Cl)cc3)c2)c1. The summed E-state index contributed by atoms with van der Waals surface area (Å²) in [6.45, 7) is 2.33. The first-order valence-electron chi connectivity index (χ1n) is 9.00. The Bertz CT molecular complexity index is 1080. The molecule has 0 radical (unpaired) electrons. The summed E-state index contributed by atoms with van der Waals surface area (Å²) in [7, 11) is 0. The maximum Gasteiger partial charge on any atom is 0.266 e. The molecule has 1 amide bonds. The zero-order chi connectivity index (χ0) is 20.6. The molecule has 0 saturated heterocycles. The molecule has 29 heavy (non-hydrogen) atoms. The molecule has 3 aromatic rings. The Morgan fingerprint density at radius 2 is 1.86 bits per heavy atom. The highest BCUT2D eigenvalue weighted by Gasteiger charge is 2.10. The second-order valence-electron chi connectivity index (χ2n) is 6.48. The van der Waals surface area contributed by atoms with Crippen LogP contribution in [0.25, 0.3) is 6.08 Å². The number of anilines is 1. The van der Waals surface area contributed by atoms with Crippen molar-refractivity contribution in [1.29, 1.82) is 5.26 Å². The van der Waals surface area contributed by atoms with E-state index < -0.39 is 5.91 Å². The number of benzene rings is 3. The fraction of sp³-hybridized carbons (Fsp3) is 0.0833. The zero-order valence-electron chi connectivity index (χ0n) is 15.9. The molecule has 0 fully saturated rings. The van der Waals surface area contributed by atoms with Crippen molar-refractivity contribution in [3.05, 3.63) is 100 Å². The molecule has 0 bridgehead atoms. The molecule has 0 spiro atoms. The van der Waals surface area contributed by atoms with E-state index in [0.717, 1.165) is 11.1 Å². The van der Waals surface area contributed by atoms with Gasteiger partial charge in [-0.1, -0.05) is 48.0 Å². The van der Waals surface area contributed by atoms with Gasteiger partial charge in [-0.05, 0) is 66.1 Å². The second kappa shape index (κ2) is 9.59. The Labute approximate surface area is 175 Å². The third-order valence-corrected chi connectivity index (χ3v) is 4.38. The number of nitrogens with one attached hydrogen (secondary N) is 1. The molecule has 3 aromatic carbocycles. The molecule has 0 atom stereocenters. The van der Waals surface area contributed by atoms with Crippen LogP contribution in [0, 0.1) is 18.3 Å². The van der Waals surface area contributed by atoms with Gasteiger partial charge in [-0.3, -0.25) is 4.79 Å². The summed E-state index contributed by atoms with van der Waals surface area (Å²) in [5.41, 5.74) is 3.38. The number of amides is 1. The first-order chi connectivity index (χ1) is 14.0. The average Bonchev–Trinajstić information content (AvgIpc) is 2.72. The van der Waals surface area contributed by atoms with Crippen molar-refractivity contribution in [3.63, 3.8) is 0 Å². The standard InChI is InChI=1S/C24H19ClN2O2/c1-17-4-2-6-22(12-17)27-24(28)20(15-26)13-19-5-3-7-23(14-19)29-16-18-8-10-21(25)11-9-18/h2-14H,16H2,1H3,(H,27,28)/b20-13-. The molecular weight excluding hydrogens is 384 g/mol. The van der Waals surface area contributed by atoms with Crippen LogP contribution in [-0.2, 0) is 11.4 Å². The van der Waals surface area contributed by atoms with E-state index >= 15 is 0 Å². The molecule has 0 aliphatic heterocycles. The van der Waals surface area contributed by atoms with E-state index in [9.17, 15) is 10.1 Å². The van der Waals surface area contributed by atoms with Gasteiger partial charge in [0.15, 0.2) is 0 Å². The fourth-order valence-corrected chi connectivity index (χ4v) is 2.80. The van der Waals surface area contributed by atoms with Crippen LogP contribution in [-0.4, -0.2) is 5.91 Å². The molecule has 4 nitrogen and oxygen atoms in total. The third kappa shape index (κ3) is 5.97. The molecule has 0 unspecified atom stereocenters. The summed E-state index contributed by atoms with van der Waals surface area (Å²) in [4.78, 5) is 12.4. The Balaban J connectivity index is 1.70. The van der Waals surface area contributed by atoms with E-state index in [2.05, 4.69) is 5.32 Å². The molecule has 0 heterocycles.